The van der Waals surface area contributed by atoms with E-state index >= 15 is 0 Å². The van der Waals surface area contributed by atoms with Gasteiger partial charge in [-0.3, -0.25) is 4.79 Å². The Hall–Kier alpha value is -2.08. The number of nitrogens with one attached hydrogen (secondary N) is 1. The molecule has 2 aromatic rings. The van der Waals surface area contributed by atoms with Gasteiger partial charge in [0.2, 0.25) is 0 Å². The van der Waals surface area contributed by atoms with Gasteiger partial charge in [0.05, 0.1) is 22.5 Å². The molecule has 2 rings (SSSR count). The first-order valence-electron chi connectivity index (χ1n) is 7.09. The Morgan fingerprint density at radius 1 is 1.23 bits per heavy atom. The molecule has 1 atom stereocenters. The summed E-state index contributed by atoms with van der Waals surface area (Å²) >= 11 is 0. The zero-order valence-corrected chi connectivity index (χ0v) is 13.4. The van der Waals surface area contributed by atoms with Gasteiger partial charge in [-0.15, -0.1) is 0 Å². The van der Waals surface area contributed by atoms with E-state index in [2.05, 4.69) is 5.32 Å². The van der Waals surface area contributed by atoms with E-state index in [1.54, 1.807) is 31.4 Å². The van der Waals surface area contributed by atoms with Crippen LogP contribution in [0.3, 0.4) is 0 Å². The molecule has 1 heterocycles. The van der Waals surface area contributed by atoms with Gasteiger partial charge in [0.25, 0.3) is 5.91 Å². The lowest BCUT2D eigenvalue weighted by Gasteiger charge is -2.14. The minimum atomic E-state index is -3.44. The van der Waals surface area contributed by atoms with E-state index in [4.69, 9.17) is 4.42 Å². The number of furan rings is 1. The van der Waals surface area contributed by atoms with Gasteiger partial charge in [0, 0.05) is 12.5 Å². The van der Waals surface area contributed by atoms with Crippen LogP contribution < -0.4 is 5.32 Å². The Bertz CT molecular complexity index is 735. The van der Waals surface area contributed by atoms with Crippen molar-refractivity contribution in [2.24, 2.45) is 0 Å². The molecule has 0 bridgehead atoms. The summed E-state index contributed by atoms with van der Waals surface area (Å²) in [5.74, 6) is 0.327. The van der Waals surface area contributed by atoms with E-state index in [1.807, 2.05) is 13.0 Å². The Morgan fingerprint density at radius 3 is 2.59 bits per heavy atom. The van der Waals surface area contributed by atoms with Crippen LogP contribution in [0, 0.1) is 0 Å². The van der Waals surface area contributed by atoms with E-state index in [0.717, 1.165) is 5.76 Å². The second-order valence-corrected chi connectivity index (χ2v) is 7.30. The summed E-state index contributed by atoms with van der Waals surface area (Å²) in [5.41, 5.74) is 0.177. The number of hydrogen-bond donors (Lipinski definition) is 1. The highest BCUT2D eigenvalue weighted by Crippen LogP contribution is 2.17. The summed E-state index contributed by atoms with van der Waals surface area (Å²) in [5, 5.41) is 2.81. The Balaban J connectivity index is 2.16. The maximum atomic E-state index is 12.4. The number of carbonyl (C=O) groups is 1. The number of rotatable bonds is 6. The van der Waals surface area contributed by atoms with E-state index < -0.39 is 15.7 Å². The monoisotopic (exact) mass is 321 g/mol. The summed E-state index contributed by atoms with van der Waals surface area (Å²) in [6, 6.07) is 9.70. The fourth-order valence-electron chi connectivity index (χ4n) is 2.16. The molecule has 6 heteroatoms. The SMILES string of the molecule is CCS(=O)(=O)c1ccccc1C(=O)N[C@@H](C)Cc1ccco1. The second kappa shape index (κ2) is 6.79. The third kappa shape index (κ3) is 3.76. The number of amides is 1. The van der Waals surface area contributed by atoms with Crippen molar-refractivity contribution in [1.29, 1.82) is 0 Å². The van der Waals surface area contributed by atoms with Crippen molar-refractivity contribution in [3.8, 4) is 0 Å². The molecular formula is C16H19NO4S. The van der Waals surface area contributed by atoms with Crippen molar-refractivity contribution >= 4 is 15.7 Å². The lowest BCUT2D eigenvalue weighted by Crippen LogP contribution is -2.34. The molecule has 0 aliphatic rings. The van der Waals surface area contributed by atoms with Gasteiger partial charge in [0.1, 0.15) is 5.76 Å². The zero-order valence-electron chi connectivity index (χ0n) is 12.6. The van der Waals surface area contributed by atoms with E-state index in [-0.39, 0.29) is 22.3 Å². The van der Waals surface area contributed by atoms with Crippen LogP contribution in [0.4, 0.5) is 0 Å². The van der Waals surface area contributed by atoms with Crippen LogP contribution in [0.15, 0.2) is 52.0 Å². The summed E-state index contributed by atoms with van der Waals surface area (Å²) in [6.07, 6.45) is 2.12. The third-order valence-electron chi connectivity index (χ3n) is 3.31. The van der Waals surface area contributed by atoms with Crippen molar-refractivity contribution in [2.75, 3.05) is 5.75 Å². The molecule has 0 aliphatic heterocycles. The van der Waals surface area contributed by atoms with Gasteiger partial charge in [-0.2, -0.15) is 0 Å². The maximum absolute atomic E-state index is 12.4. The Kier molecular flexibility index (Phi) is 5.03. The predicted molar refractivity (Wildman–Crippen MR) is 83.5 cm³/mol. The van der Waals surface area contributed by atoms with Crippen LogP contribution in [0.5, 0.6) is 0 Å². The average molecular weight is 321 g/mol. The zero-order chi connectivity index (χ0) is 16.2. The first-order valence-corrected chi connectivity index (χ1v) is 8.74. The van der Waals surface area contributed by atoms with Gasteiger partial charge in [0.15, 0.2) is 9.84 Å². The van der Waals surface area contributed by atoms with Gasteiger partial charge in [-0.05, 0) is 31.2 Å². The summed E-state index contributed by atoms with van der Waals surface area (Å²) < 4.78 is 29.4. The van der Waals surface area contributed by atoms with E-state index in [1.165, 1.54) is 12.1 Å². The normalized spacial score (nSPS) is 12.8. The van der Waals surface area contributed by atoms with Crippen LogP contribution in [0.2, 0.25) is 0 Å². The number of benzene rings is 1. The van der Waals surface area contributed by atoms with Crippen molar-refractivity contribution < 1.29 is 17.6 Å². The molecule has 5 nitrogen and oxygen atoms in total. The summed E-state index contributed by atoms with van der Waals surface area (Å²) in [7, 11) is -3.44. The van der Waals surface area contributed by atoms with Gasteiger partial charge in [-0.1, -0.05) is 19.1 Å². The van der Waals surface area contributed by atoms with Crippen LogP contribution in [-0.2, 0) is 16.3 Å². The van der Waals surface area contributed by atoms with Crippen LogP contribution in [-0.4, -0.2) is 26.1 Å². The Labute approximate surface area is 130 Å². The molecular weight excluding hydrogens is 302 g/mol. The molecule has 0 fully saturated rings. The molecule has 1 amide bonds. The van der Waals surface area contributed by atoms with Crippen LogP contribution in [0.25, 0.3) is 0 Å². The van der Waals surface area contributed by atoms with Crippen LogP contribution in [0.1, 0.15) is 30.0 Å². The highest BCUT2D eigenvalue weighted by atomic mass is 32.2. The lowest BCUT2D eigenvalue weighted by molar-refractivity contribution is 0.0936. The molecule has 118 valence electrons. The highest BCUT2D eigenvalue weighted by molar-refractivity contribution is 7.91. The van der Waals surface area contributed by atoms with Crippen molar-refractivity contribution in [2.45, 2.75) is 31.2 Å². The second-order valence-electron chi connectivity index (χ2n) is 5.06. The van der Waals surface area contributed by atoms with Gasteiger partial charge >= 0.3 is 0 Å². The molecule has 0 saturated carbocycles. The highest BCUT2D eigenvalue weighted by Gasteiger charge is 2.21. The van der Waals surface area contributed by atoms with E-state index in [9.17, 15) is 13.2 Å². The number of sulfone groups is 1. The van der Waals surface area contributed by atoms with Crippen LogP contribution >= 0.6 is 0 Å². The quantitative estimate of drug-likeness (QED) is 0.886. The van der Waals surface area contributed by atoms with Crippen molar-refractivity contribution in [3.05, 3.63) is 54.0 Å². The molecule has 0 spiro atoms. The number of hydrogen-bond acceptors (Lipinski definition) is 4. The third-order valence-corrected chi connectivity index (χ3v) is 5.10. The topological polar surface area (TPSA) is 76.4 Å². The molecule has 1 aromatic heterocycles. The molecule has 0 radical (unpaired) electrons. The summed E-state index contributed by atoms with van der Waals surface area (Å²) in [4.78, 5) is 12.4. The molecule has 1 aromatic carbocycles. The first kappa shape index (κ1) is 16.3. The molecule has 0 unspecified atom stereocenters. The standard InChI is InChI=1S/C16H19NO4S/c1-3-22(19,20)15-9-5-4-8-14(15)16(18)17-12(2)11-13-7-6-10-21-13/h4-10,12H,3,11H2,1-2H3,(H,17,18)/t12-/m0/s1. The molecule has 0 aliphatic carbocycles. The first-order chi connectivity index (χ1) is 10.4. The Morgan fingerprint density at radius 2 is 1.95 bits per heavy atom. The molecule has 0 saturated heterocycles. The fourth-order valence-corrected chi connectivity index (χ4v) is 3.26. The molecule has 1 N–H and O–H groups in total. The molecule has 22 heavy (non-hydrogen) atoms. The van der Waals surface area contributed by atoms with E-state index in [0.29, 0.717) is 6.42 Å². The lowest BCUT2D eigenvalue weighted by atomic mass is 10.1. The predicted octanol–water partition coefficient (Wildman–Crippen LogP) is 2.43. The van der Waals surface area contributed by atoms with Gasteiger partial charge < -0.3 is 9.73 Å². The average Bonchev–Trinajstić information content (AvgIpc) is 3.00. The smallest absolute Gasteiger partial charge is 0.252 e. The van der Waals surface area contributed by atoms with Crippen molar-refractivity contribution in [3.63, 3.8) is 0 Å². The van der Waals surface area contributed by atoms with Gasteiger partial charge in [-0.25, -0.2) is 8.42 Å². The fraction of sp³-hybridized carbons (Fsp3) is 0.312. The largest absolute Gasteiger partial charge is 0.469 e. The maximum Gasteiger partial charge on any atom is 0.252 e. The minimum Gasteiger partial charge on any atom is -0.469 e. The minimum absolute atomic E-state index is 0.0424. The van der Waals surface area contributed by atoms with Crippen molar-refractivity contribution in [1.82, 2.24) is 5.32 Å². The number of carbonyl (C=O) groups excluding carboxylic acids is 1. The summed E-state index contributed by atoms with van der Waals surface area (Å²) in [6.45, 7) is 3.40.